The number of carbonyl (C=O) groups excluding carboxylic acids is 10. The van der Waals surface area contributed by atoms with E-state index in [1.165, 1.54) is 59.5 Å². The average Bonchev–Trinajstić information content (AvgIpc) is 1.09. The lowest BCUT2D eigenvalue weighted by Crippen LogP contribution is -2.36. The fraction of sp³-hybridized carbons (Fsp3) is 0.371. The Bertz CT molecular complexity index is 4650. The van der Waals surface area contributed by atoms with Gasteiger partial charge in [0.25, 0.3) is 0 Å². The Kier molecular flexibility index (Phi) is 34.2. The predicted octanol–water partition coefficient (Wildman–Crippen LogP) is 13.2. The number of ketones is 1. The van der Waals surface area contributed by atoms with Crippen molar-refractivity contribution in [1.29, 1.82) is 0 Å². The molecule has 616 valence electrons. The Balaban J connectivity index is 0.000000199. The summed E-state index contributed by atoms with van der Waals surface area (Å²) in [6.45, 7) is 12.1. The molecule has 0 radical (unpaired) electrons. The second kappa shape index (κ2) is 44.2. The van der Waals surface area contributed by atoms with E-state index in [1.807, 2.05) is 91.0 Å². The van der Waals surface area contributed by atoms with Gasteiger partial charge in [-0.15, -0.1) is 0 Å². The number of ether oxygens (including phenoxy) is 11. The third-order valence-electron chi connectivity index (χ3n) is 19.7. The summed E-state index contributed by atoms with van der Waals surface area (Å²) in [6, 6.07) is 43.9. The molecule has 24 nitrogen and oxygen atoms in total. The molecule has 0 aromatic heterocycles. The number of hydrogen-bond acceptors (Lipinski definition) is 24. The Morgan fingerprint density at radius 2 is 0.931 bits per heavy atom. The molecule has 0 amide bonds. The van der Waals surface area contributed by atoms with E-state index in [-0.39, 0.29) is 104 Å². The summed E-state index contributed by atoms with van der Waals surface area (Å²) in [5, 5.41) is 6.13. The van der Waals surface area contributed by atoms with Crippen LogP contribution in [-0.4, -0.2) is 132 Å². The smallest absolute Gasteiger partial charge is 0.337 e. The number of carbonyl (C=O) groups is 10. The van der Waals surface area contributed by atoms with Gasteiger partial charge in [0.05, 0.1) is 118 Å². The number of hydrogen-bond donors (Lipinski definition) is 3. The Hall–Kier alpha value is -11.8. The molecule has 0 bridgehead atoms. The van der Waals surface area contributed by atoms with Crippen LogP contribution in [0.2, 0.25) is 0 Å². The molecule has 12 rings (SSSR count). The first-order chi connectivity index (χ1) is 55.7. The normalized spacial score (nSPS) is 19.5. The van der Waals surface area contributed by atoms with Crippen molar-refractivity contribution in [3.05, 3.63) is 270 Å². The van der Waals surface area contributed by atoms with Crippen LogP contribution in [0.1, 0.15) is 178 Å². The summed E-state index contributed by atoms with van der Waals surface area (Å²) in [5.74, 6) is -8.01. The molecule has 0 spiro atoms. The van der Waals surface area contributed by atoms with Crippen molar-refractivity contribution in [2.45, 2.75) is 161 Å². The number of Topliss-reactive ketones (excluding diaryl/α,β-unsaturated/α-hetero) is 1. The first-order valence-corrected chi connectivity index (χ1v) is 37.9. The molecule has 2 unspecified atom stereocenters. The molecule has 2 atom stereocenters. The lowest BCUT2D eigenvalue weighted by atomic mass is 9.70. The van der Waals surface area contributed by atoms with Gasteiger partial charge < -0.3 is 68.5 Å². The fourth-order valence-electron chi connectivity index (χ4n) is 14.1. The molecule has 116 heavy (non-hydrogen) atoms. The van der Waals surface area contributed by atoms with Gasteiger partial charge in [-0.25, -0.2) is 37.1 Å². The van der Waals surface area contributed by atoms with Crippen LogP contribution in [0.4, 0.5) is 13.2 Å². The number of benzene rings is 6. The molecule has 6 aliphatic rings. The molecule has 27 heteroatoms. The van der Waals surface area contributed by atoms with Gasteiger partial charge in [0.2, 0.25) is 0 Å². The Morgan fingerprint density at radius 1 is 0.500 bits per heavy atom. The molecular formula is C89H98F3N3O21. The number of methoxy groups -OCH3 is 3. The van der Waals surface area contributed by atoms with E-state index in [4.69, 9.17) is 43.6 Å². The summed E-state index contributed by atoms with van der Waals surface area (Å²) in [5.41, 5.74) is 14.6. The minimum atomic E-state index is -1.01. The highest BCUT2D eigenvalue weighted by Crippen LogP contribution is 2.51. The number of dihydropyridines is 2. The van der Waals surface area contributed by atoms with E-state index in [0.717, 1.165) is 35.8 Å². The molecule has 0 saturated heterocycles. The molecule has 3 saturated carbocycles. The lowest BCUT2D eigenvalue weighted by molar-refractivity contribution is -0.151. The fourth-order valence-corrected chi connectivity index (χ4v) is 14.1. The standard InChI is InChI=1S/C31H34FNO7.C27H26FNO5.C18H17FO2.C8H12O5.C5H9NO2/c1-5-38-31(36)29-25(17-39-19(3)34)33-18(2)26(30(35)37-4)28(29)23-12-9-13-24(32)27(23)21-14-22(15-21)40-16-20-10-7-6-8-11-20;1-15-22(26(30)32-2)24(25-21(29-15)14-34-27(25)31)19-9-6-10-20(28)23(19)17-11-18(12-17)33-13-16-7-4-3-5-8-16;19-17-8-4-7-14(11-20)18(17)15-9-16(10-15)21-12-13-5-2-1-3-6-13;1-3-12-8(11)4-7(10)5-13-6(2)9;1-4(6)3-5(7)8-2/h6-13,21-22,28,33H,5,14-17H2,1-4H3;3-10,17-18,24,29H,11-14H2,1-2H3;1-8,11,15-16H,9-10,12H2;3-5H2,1-2H3;3H,6H2,1-2H3/b;;;;4-3-. The van der Waals surface area contributed by atoms with Gasteiger partial charge in [-0.1, -0.05) is 127 Å². The summed E-state index contributed by atoms with van der Waals surface area (Å²) < 4.78 is 102. The number of halogens is 3. The van der Waals surface area contributed by atoms with E-state index >= 15 is 8.78 Å². The zero-order valence-corrected chi connectivity index (χ0v) is 66.5. The third kappa shape index (κ3) is 24.6. The largest absolute Gasteiger partial charge is 0.466 e. The number of aldehydes is 1. The summed E-state index contributed by atoms with van der Waals surface area (Å²) in [6.07, 6.45) is 5.77. The Morgan fingerprint density at radius 3 is 1.35 bits per heavy atom. The lowest BCUT2D eigenvalue weighted by Gasteiger charge is -2.39. The van der Waals surface area contributed by atoms with Gasteiger partial charge in [-0.3, -0.25) is 24.0 Å². The van der Waals surface area contributed by atoms with Gasteiger partial charge in [0.15, 0.2) is 12.4 Å². The van der Waals surface area contributed by atoms with Crippen molar-refractivity contribution in [2.24, 2.45) is 5.73 Å². The van der Waals surface area contributed by atoms with E-state index < -0.39 is 71.2 Å². The van der Waals surface area contributed by atoms with Crippen molar-refractivity contribution in [3.8, 4) is 0 Å². The van der Waals surface area contributed by atoms with Crippen LogP contribution < -0.4 is 16.4 Å². The number of allylic oxidation sites excluding steroid dienone is 3. The zero-order valence-electron chi connectivity index (χ0n) is 66.5. The van der Waals surface area contributed by atoms with Crippen LogP contribution >= 0.6 is 0 Å². The molecule has 3 aliphatic heterocycles. The maximum atomic E-state index is 15.6. The van der Waals surface area contributed by atoms with Gasteiger partial charge >= 0.3 is 47.8 Å². The van der Waals surface area contributed by atoms with Crippen LogP contribution in [0.25, 0.3) is 0 Å². The van der Waals surface area contributed by atoms with E-state index in [0.29, 0.717) is 113 Å². The second-order valence-electron chi connectivity index (χ2n) is 27.9. The molecule has 4 N–H and O–H groups in total. The molecule has 3 fully saturated rings. The highest BCUT2D eigenvalue weighted by atomic mass is 19.1. The topological polar surface area (TPSA) is 322 Å². The summed E-state index contributed by atoms with van der Waals surface area (Å²) in [4.78, 5) is 117. The highest BCUT2D eigenvalue weighted by Gasteiger charge is 2.47. The summed E-state index contributed by atoms with van der Waals surface area (Å²) in [7, 11) is 3.85. The van der Waals surface area contributed by atoms with Crippen molar-refractivity contribution in [3.63, 3.8) is 0 Å². The minimum absolute atomic E-state index is 0.0225. The van der Waals surface area contributed by atoms with Crippen LogP contribution in [0.15, 0.2) is 202 Å². The average molecular weight is 1600 g/mol. The maximum Gasteiger partial charge on any atom is 0.337 e. The number of esters is 8. The minimum Gasteiger partial charge on any atom is -0.466 e. The van der Waals surface area contributed by atoms with E-state index in [1.54, 1.807) is 71.0 Å². The zero-order chi connectivity index (χ0) is 84.1. The first kappa shape index (κ1) is 89.7. The molecule has 3 heterocycles. The van der Waals surface area contributed by atoms with Crippen molar-refractivity contribution in [1.82, 2.24) is 10.6 Å². The molecular weight excluding hydrogens is 1500 g/mol. The Labute approximate surface area is 671 Å². The van der Waals surface area contributed by atoms with Gasteiger partial charge in [0, 0.05) is 48.1 Å². The number of rotatable bonds is 27. The molecule has 6 aromatic carbocycles. The predicted molar refractivity (Wildman–Crippen MR) is 418 cm³/mol. The van der Waals surface area contributed by atoms with Crippen molar-refractivity contribution < 1.29 is 113 Å². The molecule has 6 aromatic rings. The van der Waals surface area contributed by atoms with E-state index in [9.17, 15) is 52.3 Å². The third-order valence-corrected chi connectivity index (χ3v) is 19.7. The molecule has 3 aliphatic carbocycles. The van der Waals surface area contributed by atoms with Crippen LogP contribution in [0.5, 0.6) is 0 Å². The van der Waals surface area contributed by atoms with Gasteiger partial charge in [-0.05, 0) is 148 Å². The van der Waals surface area contributed by atoms with Gasteiger partial charge in [0.1, 0.15) is 43.4 Å². The SMILES string of the molecule is CCOC(=O)C1=C(COC(C)=O)NC(C)=C(C(=O)OC)C1c1cccc(F)c1C1CC(OCc2ccccc2)C1.CCOC(=O)CC(=O)COC(C)=O.COC(=O)/C=C(/C)N.COC(=O)C1=C(C)NC2=C(C(=O)OC2)C1c1cccc(F)c1C1CC(OCc2ccccc2)C1.O=Cc1cccc(F)c1C1CC(OCc2ccccc2)C1. The quantitative estimate of drug-likeness (QED) is 0.0142. The van der Waals surface area contributed by atoms with Crippen LogP contribution in [0.3, 0.4) is 0 Å². The highest BCUT2D eigenvalue weighted by molar-refractivity contribution is 6.02. The first-order valence-electron chi connectivity index (χ1n) is 37.9. The maximum absolute atomic E-state index is 15.6. The van der Waals surface area contributed by atoms with Crippen LogP contribution in [-0.2, 0) is 115 Å². The summed E-state index contributed by atoms with van der Waals surface area (Å²) >= 11 is 0. The van der Waals surface area contributed by atoms with E-state index in [2.05, 4.69) is 24.8 Å². The number of cyclic esters (lactones) is 1. The number of nitrogens with two attached hydrogens (primary N) is 1. The monoisotopic (exact) mass is 1600 g/mol. The van der Waals surface area contributed by atoms with Crippen molar-refractivity contribution in [2.75, 3.05) is 54.4 Å². The van der Waals surface area contributed by atoms with Crippen molar-refractivity contribution >= 4 is 59.8 Å². The second-order valence-corrected chi connectivity index (χ2v) is 27.9. The number of nitrogens with one attached hydrogen (secondary N) is 2. The van der Waals surface area contributed by atoms with Crippen LogP contribution in [0, 0.1) is 17.5 Å². The van der Waals surface area contributed by atoms with Gasteiger partial charge in [-0.2, -0.15) is 0 Å².